The highest BCUT2D eigenvalue weighted by Crippen LogP contribution is 2.49. The zero-order valence-corrected chi connectivity index (χ0v) is 29.8. The van der Waals surface area contributed by atoms with E-state index >= 15 is 0 Å². The number of carbonyl (C=O) groups excluding carboxylic acids is 1. The molecule has 0 bridgehead atoms. The van der Waals surface area contributed by atoms with Crippen molar-refractivity contribution in [2.75, 3.05) is 24.6 Å². The van der Waals surface area contributed by atoms with Crippen LogP contribution in [-0.2, 0) is 36.4 Å². The fourth-order valence-corrected chi connectivity index (χ4v) is 9.16. The van der Waals surface area contributed by atoms with Crippen molar-refractivity contribution in [3.05, 3.63) is 76.3 Å². The molecule has 2 heterocycles. The van der Waals surface area contributed by atoms with Crippen LogP contribution in [-0.4, -0.2) is 59.9 Å². The van der Waals surface area contributed by atoms with Gasteiger partial charge in [-0.3, -0.25) is 9.00 Å². The highest BCUT2D eigenvalue weighted by Gasteiger charge is 2.49. The van der Waals surface area contributed by atoms with E-state index in [0.717, 1.165) is 60.8 Å². The van der Waals surface area contributed by atoms with Crippen LogP contribution in [0, 0.1) is 17.8 Å². The molecule has 1 aromatic heterocycles. The second-order valence-corrected chi connectivity index (χ2v) is 16.4. The number of hydrogen-bond donors (Lipinski definition) is 2. The molecule has 1 unspecified atom stereocenters. The Hall–Kier alpha value is -2.92. The number of ether oxygens (including phenoxy) is 1. The van der Waals surface area contributed by atoms with Gasteiger partial charge in [-0.1, -0.05) is 49.0 Å². The van der Waals surface area contributed by atoms with Crippen LogP contribution in [0.2, 0.25) is 5.02 Å². The van der Waals surface area contributed by atoms with Crippen LogP contribution in [0.15, 0.2) is 48.8 Å². The van der Waals surface area contributed by atoms with E-state index in [1.807, 2.05) is 42.9 Å². The number of aromatic nitrogens is 2. The lowest BCUT2D eigenvalue weighted by molar-refractivity contribution is -0.0895. The Balaban J connectivity index is 1.30. The number of halogens is 1. The molecule has 2 aliphatic carbocycles. The molecule has 3 aromatic rings. The van der Waals surface area contributed by atoms with Crippen molar-refractivity contribution in [2.45, 2.75) is 87.9 Å². The number of anilines is 1. The molecule has 1 amide bonds. The highest BCUT2D eigenvalue weighted by atomic mass is 35.5. The van der Waals surface area contributed by atoms with Crippen molar-refractivity contribution < 1.29 is 23.4 Å². The van der Waals surface area contributed by atoms with Crippen LogP contribution in [0.25, 0.3) is 0 Å². The summed E-state index contributed by atoms with van der Waals surface area (Å²) in [5.74, 6) is 1.29. The molecule has 0 saturated heterocycles. The number of rotatable bonds is 12. The monoisotopic (exact) mass is 695 g/mol. The third-order valence-corrected chi connectivity index (χ3v) is 13.0. The summed E-state index contributed by atoms with van der Waals surface area (Å²) in [5, 5.41) is 12.9. The van der Waals surface area contributed by atoms with E-state index in [-0.39, 0.29) is 23.2 Å². The summed E-state index contributed by atoms with van der Waals surface area (Å²) in [6.45, 7) is 5.63. The fraction of sp³-hybridized carbons (Fsp3) is 0.568. The van der Waals surface area contributed by atoms with Crippen molar-refractivity contribution in [3.63, 3.8) is 0 Å². The first-order valence-electron chi connectivity index (χ1n) is 17.3. The summed E-state index contributed by atoms with van der Waals surface area (Å²) < 4.78 is 31.8. The molecule has 3 aliphatic rings. The van der Waals surface area contributed by atoms with E-state index in [2.05, 4.69) is 22.0 Å². The molecule has 1 fully saturated rings. The van der Waals surface area contributed by atoms with Crippen LogP contribution in [0.4, 0.5) is 5.69 Å². The third kappa shape index (κ3) is 7.04. The second kappa shape index (κ2) is 14.1. The number of aliphatic hydroxyl groups is 1. The maximum Gasteiger partial charge on any atom is 0.248 e. The van der Waals surface area contributed by atoms with E-state index in [9.17, 15) is 18.7 Å². The molecule has 2 aromatic carbocycles. The standard InChI is InChI=1S/C37H49ClN4O5S/c1-24(25(2)48(45)46)6-4-15-37(44,20-34-40-16-17-41(34)3)31-11-8-28(31)21-42-22-36(14-5-7-26-18-29(38)10-12-30(26)36)23-47-33-13-9-27(35(39)43)19-32(33)42/h9-10,12-13,16-19,24-25,28,31,44H,4-8,11,14-15,20-23H2,1-3H3,(H2,39,43)(H,45,46)/p-1/t24-,25+,28-,31+,36-,37-/m0/s1. The van der Waals surface area contributed by atoms with Gasteiger partial charge in [-0.15, -0.1) is 0 Å². The number of nitrogens with two attached hydrogens (primary N) is 1. The van der Waals surface area contributed by atoms with Gasteiger partial charge in [-0.25, -0.2) is 4.98 Å². The average Bonchev–Trinajstić information content (AvgIpc) is 3.36. The second-order valence-electron chi connectivity index (χ2n) is 14.7. The van der Waals surface area contributed by atoms with E-state index in [1.54, 1.807) is 19.2 Å². The molecule has 0 radical (unpaired) electrons. The summed E-state index contributed by atoms with van der Waals surface area (Å²) in [5.41, 5.74) is 8.31. The molecule has 1 spiro atoms. The molecule has 6 rings (SSSR count). The molecular formula is C37H48ClN4O5S-. The average molecular weight is 696 g/mol. The van der Waals surface area contributed by atoms with Crippen LogP contribution in [0.5, 0.6) is 5.75 Å². The Labute approximate surface area is 291 Å². The van der Waals surface area contributed by atoms with Crippen molar-refractivity contribution in [1.82, 2.24) is 9.55 Å². The number of primary amides is 1. The summed E-state index contributed by atoms with van der Waals surface area (Å²) >= 11 is 4.31. The number of benzene rings is 2. The van der Waals surface area contributed by atoms with Gasteiger partial charge in [0.1, 0.15) is 11.6 Å². The van der Waals surface area contributed by atoms with Gasteiger partial charge in [0.05, 0.1) is 17.9 Å². The molecule has 9 nitrogen and oxygen atoms in total. The lowest BCUT2D eigenvalue weighted by Crippen LogP contribution is -2.54. The molecular weight excluding hydrogens is 648 g/mol. The SMILES string of the molecule is C[C@H]([C@@H](C)CCC[C@](O)(Cc1nccn1C)[C@@H]1CC[C@H]1CN1C[C@@]2(CCCc3cc(Cl)ccc32)COc2ccc(C(N)=O)cc21)S(=O)[O-]. The van der Waals surface area contributed by atoms with Crippen LogP contribution < -0.4 is 15.4 Å². The van der Waals surface area contributed by atoms with Crippen molar-refractivity contribution in [2.24, 2.45) is 30.5 Å². The maximum atomic E-state index is 12.6. The zero-order chi connectivity index (χ0) is 34.2. The van der Waals surface area contributed by atoms with Gasteiger partial charge in [0.25, 0.3) is 0 Å². The van der Waals surface area contributed by atoms with Crippen LogP contribution >= 0.6 is 11.6 Å². The number of imidazole rings is 1. The number of hydrogen-bond acceptors (Lipinski definition) is 7. The zero-order valence-electron chi connectivity index (χ0n) is 28.2. The minimum atomic E-state index is -2.12. The minimum Gasteiger partial charge on any atom is -0.772 e. The normalized spacial score (nSPS) is 25.1. The van der Waals surface area contributed by atoms with E-state index in [1.165, 1.54) is 11.1 Å². The van der Waals surface area contributed by atoms with Crippen LogP contribution in [0.3, 0.4) is 0 Å². The van der Waals surface area contributed by atoms with Gasteiger partial charge in [0, 0.05) is 60.2 Å². The predicted octanol–water partition coefficient (Wildman–Crippen LogP) is 5.72. The number of nitrogens with zero attached hydrogens (tertiary/aromatic N) is 3. The topological polar surface area (TPSA) is 134 Å². The van der Waals surface area contributed by atoms with Gasteiger partial charge >= 0.3 is 0 Å². The molecule has 7 atom stereocenters. The van der Waals surface area contributed by atoms with Gasteiger partial charge in [0.2, 0.25) is 5.91 Å². The van der Waals surface area contributed by atoms with E-state index in [4.69, 9.17) is 22.1 Å². The first-order chi connectivity index (χ1) is 22.9. The van der Waals surface area contributed by atoms with Gasteiger partial charge < -0.3 is 29.6 Å². The highest BCUT2D eigenvalue weighted by molar-refractivity contribution is 7.79. The van der Waals surface area contributed by atoms with Gasteiger partial charge in [-0.05, 0) is 104 Å². The van der Waals surface area contributed by atoms with Crippen LogP contribution in [0.1, 0.15) is 86.1 Å². The quantitative estimate of drug-likeness (QED) is 0.232. The first kappa shape index (κ1) is 34.9. The number of amides is 1. The minimum absolute atomic E-state index is 0.00423. The van der Waals surface area contributed by atoms with Crippen molar-refractivity contribution >= 4 is 34.3 Å². The Kier molecular flexibility index (Phi) is 10.3. The Bertz CT molecular complexity index is 1670. The number of carbonyl (C=O) groups is 1. The Morgan fingerprint density at radius 2 is 2.08 bits per heavy atom. The number of aryl methyl sites for hydroxylation is 2. The molecule has 260 valence electrons. The number of fused-ring (bicyclic) bond motifs is 3. The Morgan fingerprint density at radius 3 is 2.77 bits per heavy atom. The van der Waals surface area contributed by atoms with Crippen molar-refractivity contribution in [3.8, 4) is 5.75 Å². The summed E-state index contributed by atoms with van der Waals surface area (Å²) in [6, 6.07) is 11.7. The summed E-state index contributed by atoms with van der Waals surface area (Å²) in [7, 11) is 1.95. The van der Waals surface area contributed by atoms with Gasteiger partial charge in [0.15, 0.2) is 0 Å². The largest absolute Gasteiger partial charge is 0.772 e. The molecule has 48 heavy (non-hydrogen) atoms. The smallest absolute Gasteiger partial charge is 0.248 e. The molecule has 1 aliphatic heterocycles. The molecule has 11 heteroatoms. The lowest BCUT2D eigenvalue weighted by Gasteiger charge is -2.50. The summed E-state index contributed by atoms with van der Waals surface area (Å²) in [4.78, 5) is 19.3. The Morgan fingerprint density at radius 1 is 1.27 bits per heavy atom. The third-order valence-electron chi connectivity index (χ3n) is 11.6. The van der Waals surface area contributed by atoms with Gasteiger partial charge in [-0.2, -0.15) is 0 Å². The van der Waals surface area contributed by atoms with E-state index in [0.29, 0.717) is 44.5 Å². The molecule has 3 N–H and O–H groups in total. The predicted molar refractivity (Wildman–Crippen MR) is 188 cm³/mol. The summed E-state index contributed by atoms with van der Waals surface area (Å²) in [6.07, 6.45) is 10.9. The lowest BCUT2D eigenvalue weighted by atomic mass is 9.61. The van der Waals surface area contributed by atoms with E-state index < -0.39 is 27.8 Å². The molecule has 1 saturated carbocycles. The first-order valence-corrected chi connectivity index (χ1v) is 18.8. The maximum absolute atomic E-state index is 12.6. The fourth-order valence-electron chi connectivity index (χ4n) is 8.45. The van der Waals surface area contributed by atoms with Crippen molar-refractivity contribution in [1.29, 1.82) is 0 Å².